The highest BCUT2D eigenvalue weighted by molar-refractivity contribution is 7.93. The number of rotatable bonds is 4. The van der Waals surface area contributed by atoms with Crippen molar-refractivity contribution in [1.82, 2.24) is 0 Å². The third kappa shape index (κ3) is 2.71. The van der Waals surface area contributed by atoms with E-state index in [1.165, 1.54) is 24.3 Å². The molecule has 0 aliphatic carbocycles. The molecule has 0 atom stereocenters. The SMILES string of the molecule is Cc1ccc(S(=O)(=O)C(F)(F)C(=O)c2ccccc2)cc1. The number of alkyl halides is 2. The fourth-order valence-corrected chi connectivity index (χ4v) is 2.90. The van der Waals surface area contributed by atoms with Crippen LogP contribution in [0.25, 0.3) is 0 Å². The number of carbonyl (C=O) groups is 1. The Hall–Kier alpha value is -2.08. The summed E-state index contributed by atoms with van der Waals surface area (Å²) in [5.74, 6) is -1.73. The predicted molar refractivity (Wildman–Crippen MR) is 74.1 cm³/mol. The molecule has 0 radical (unpaired) electrons. The van der Waals surface area contributed by atoms with Crippen molar-refractivity contribution in [2.75, 3.05) is 0 Å². The molecule has 0 bridgehead atoms. The fraction of sp³-hybridized carbons (Fsp3) is 0.133. The van der Waals surface area contributed by atoms with Crippen LogP contribution in [0.3, 0.4) is 0 Å². The second-order valence-corrected chi connectivity index (χ2v) is 6.52. The van der Waals surface area contributed by atoms with Gasteiger partial charge in [0, 0.05) is 5.56 Å². The summed E-state index contributed by atoms with van der Waals surface area (Å²) in [7, 11) is -5.09. The molecule has 0 aromatic heterocycles. The van der Waals surface area contributed by atoms with Gasteiger partial charge in [0.05, 0.1) is 4.90 Å². The Kier molecular flexibility index (Phi) is 3.91. The lowest BCUT2D eigenvalue weighted by atomic mass is 10.1. The van der Waals surface area contributed by atoms with E-state index in [1.54, 1.807) is 13.0 Å². The predicted octanol–water partition coefficient (Wildman–Crippen LogP) is 3.24. The molecular formula is C15H12F2O3S. The van der Waals surface area contributed by atoms with E-state index in [1.807, 2.05) is 0 Å². The molecule has 21 heavy (non-hydrogen) atoms. The summed E-state index contributed by atoms with van der Waals surface area (Å²) in [4.78, 5) is 11.2. The summed E-state index contributed by atoms with van der Waals surface area (Å²) >= 11 is 0. The number of hydrogen-bond donors (Lipinski definition) is 0. The van der Waals surface area contributed by atoms with Gasteiger partial charge in [0.25, 0.3) is 9.84 Å². The van der Waals surface area contributed by atoms with Crippen LogP contribution in [-0.2, 0) is 9.84 Å². The Balaban J connectivity index is 2.47. The fourth-order valence-electron chi connectivity index (χ4n) is 1.75. The van der Waals surface area contributed by atoms with Gasteiger partial charge in [0.2, 0.25) is 5.78 Å². The zero-order chi connectivity index (χ0) is 15.7. The average molecular weight is 310 g/mol. The number of sulfone groups is 1. The molecule has 0 aliphatic heterocycles. The molecule has 110 valence electrons. The first-order chi connectivity index (χ1) is 9.76. The number of ketones is 1. The standard InChI is InChI=1S/C15H12F2O3S/c1-11-7-9-13(10-8-11)21(19,20)15(16,17)14(18)12-5-3-2-4-6-12/h2-10H,1H3. The van der Waals surface area contributed by atoms with Crippen LogP contribution in [0.15, 0.2) is 59.5 Å². The first-order valence-corrected chi connectivity index (χ1v) is 7.54. The Morgan fingerprint density at radius 2 is 1.48 bits per heavy atom. The maximum absolute atomic E-state index is 14.1. The van der Waals surface area contributed by atoms with Gasteiger partial charge in [-0.2, -0.15) is 8.78 Å². The second kappa shape index (κ2) is 5.37. The van der Waals surface area contributed by atoms with Gasteiger partial charge >= 0.3 is 5.25 Å². The maximum Gasteiger partial charge on any atom is 0.411 e. The average Bonchev–Trinajstić information content (AvgIpc) is 2.47. The molecule has 6 heteroatoms. The molecule has 0 N–H and O–H groups in total. The topological polar surface area (TPSA) is 51.2 Å². The van der Waals surface area contributed by atoms with Crippen LogP contribution < -0.4 is 0 Å². The van der Waals surface area contributed by atoms with Crippen LogP contribution in [0, 0.1) is 6.92 Å². The first-order valence-electron chi connectivity index (χ1n) is 6.06. The lowest BCUT2D eigenvalue weighted by Crippen LogP contribution is -2.38. The molecule has 0 unspecified atom stereocenters. The van der Waals surface area contributed by atoms with Gasteiger partial charge < -0.3 is 0 Å². The van der Waals surface area contributed by atoms with Crippen molar-refractivity contribution in [3.05, 3.63) is 65.7 Å². The van der Waals surface area contributed by atoms with Gasteiger partial charge in [-0.05, 0) is 19.1 Å². The summed E-state index contributed by atoms with van der Waals surface area (Å²) < 4.78 is 52.3. The third-order valence-corrected chi connectivity index (χ3v) is 4.72. The Morgan fingerprint density at radius 3 is 2.00 bits per heavy atom. The van der Waals surface area contributed by atoms with Crippen molar-refractivity contribution >= 4 is 15.6 Å². The van der Waals surface area contributed by atoms with E-state index in [4.69, 9.17) is 0 Å². The number of halogens is 2. The summed E-state index contributed by atoms with van der Waals surface area (Å²) in [6.45, 7) is 1.70. The molecule has 0 saturated carbocycles. The molecule has 0 saturated heterocycles. The van der Waals surface area contributed by atoms with E-state index in [0.717, 1.165) is 29.8 Å². The molecule has 2 rings (SSSR count). The normalized spacial score (nSPS) is 12.1. The number of hydrogen-bond acceptors (Lipinski definition) is 3. The van der Waals surface area contributed by atoms with E-state index in [9.17, 15) is 22.0 Å². The highest BCUT2D eigenvalue weighted by Crippen LogP contribution is 2.32. The van der Waals surface area contributed by atoms with Gasteiger partial charge in [-0.15, -0.1) is 0 Å². The van der Waals surface area contributed by atoms with Crippen molar-refractivity contribution in [2.24, 2.45) is 0 Å². The van der Waals surface area contributed by atoms with E-state index < -0.39 is 25.8 Å². The number of benzene rings is 2. The molecule has 0 amide bonds. The minimum atomic E-state index is -5.09. The van der Waals surface area contributed by atoms with Gasteiger partial charge in [-0.3, -0.25) is 4.79 Å². The number of aryl methyl sites for hydroxylation is 1. The maximum atomic E-state index is 14.1. The minimum absolute atomic E-state index is 0.349. The van der Waals surface area contributed by atoms with Crippen LogP contribution in [0.4, 0.5) is 8.78 Å². The first kappa shape index (κ1) is 15.3. The van der Waals surface area contributed by atoms with Gasteiger partial charge in [0.1, 0.15) is 0 Å². The molecular weight excluding hydrogens is 298 g/mol. The molecule has 0 fully saturated rings. The van der Waals surface area contributed by atoms with Crippen LogP contribution in [0.5, 0.6) is 0 Å². The van der Waals surface area contributed by atoms with Crippen molar-refractivity contribution in [2.45, 2.75) is 17.1 Å². The largest absolute Gasteiger partial charge is 0.411 e. The van der Waals surface area contributed by atoms with Crippen molar-refractivity contribution in [3.8, 4) is 0 Å². The minimum Gasteiger partial charge on any atom is -0.286 e. The lowest BCUT2D eigenvalue weighted by Gasteiger charge is -2.16. The molecule has 0 heterocycles. The van der Waals surface area contributed by atoms with E-state index in [-0.39, 0.29) is 5.56 Å². The third-order valence-electron chi connectivity index (χ3n) is 2.97. The van der Waals surface area contributed by atoms with Crippen LogP contribution in [-0.4, -0.2) is 19.5 Å². The zero-order valence-electron chi connectivity index (χ0n) is 11.1. The lowest BCUT2D eigenvalue weighted by molar-refractivity contribution is 0.0527. The summed E-state index contributed by atoms with van der Waals surface area (Å²) in [6.07, 6.45) is 0. The summed E-state index contributed by atoms with van der Waals surface area (Å²) in [5.41, 5.74) is 0.379. The molecule has 0 aliphatic rings. The monoisotopic (exact) mass is 310 g/mol. The van der Waals surface area contributed by atoms with E-state index >= 15 is 0 Å². The van der Waals surface area contributed by atoms with Crippen molar-refractivity contribution < 1.29 is 22.0 Å². The molecule has 0 spiro atoms. The smallest absolute Gasteiger partial charge is 0.286 e. The highest BCUT2D eigenvalue weighted by atomic mass is 32.2. The quantitative estimate of drug-likeness (QED) is 0.815. The zero-order valence-corrected chi connectivity index (χ0v) is 11.9. The van der Waals surface area contributed by atoms with Crippen LogP contribution >= 0.6 is 0 Å². The van der Waals surface area contributed by atoms with E-state index in [2.05, 4.69) is 0 Å². The van der Waals surface area contributed by atoms with Gasteiger partial charge in [-0.25, -0.2) is 8.42 Å². The highest BCUT2D eigenvalue weighted by Gasteiger charge is 2.53. The second-order valence-electron chi connectivity index (χ2n) is 4.53. The Morgan fingerprint density at radius 1 is 0.952 bits per heavy atom. The summed E-state index contributed by atoms with van der Waals surface area (Å²) in [6, 6.07) is 11.6. The van der Waals surface area contributed by atoms with Gasteiger partial charge in [-0.1, -0.05) is 48.0 Å². The van der Waals surface area contributed by atoms with Crippen molar-refractivity contribution in [1.29, 1.82) is 0 Å². The Bertz CT molecular complexity index is 751. The molecule has 2 aromatic rings. The molecule has 3 nitrogen and oxygen atoms in total. The van der Waals surface area contributed by atoms with Gasteiger partial charge in [0.15, 0.2) is 0 Å². The van der Waals surface area contributed by atoms with Crippen LogP contribution in [0.1, 0.15) is 15.9 Å². The molecule has 2 aromatic carbocycles. The van der Waals surface area contributed by atoms with Crippen LogP contribution in [0.2, 0.25) is 0 Å². The summed E-state index contributed by atoms with van der Waals surface area (Å²) in [5, 5.41) is -4.51. The number of carbonyl (C=O) groups excluding carboxylic acids is 1. The van der Waals surface area contributed by atoms with Crippen molar-refractivity contribution in [3.63, 3.8) is 0 Å². The Labute approximate surface area is 121 Å². The van der Waals surface area contributed by atoms with E-state index in [0.29, 0.717) is 0 Å². The number of Topliss-reactive ketones (excluding diaryl/α,β-unsaturated/α-hetero) is 1.